The number of fused-ring (bicyclic) bond motifs is 1. The van der Waals surface area contributed by atoms with Crippen LogP contribution in [0.15, 0.2) is 59.3 Å². The van der Waals surface area contributed by atoms with Crippen molar-refractivity contribution in [2.75, 3.05) is 0 Å². The van der Waals surface area contributed by atoms with Crippen molar-refractivity contribution < 1.29 is 4.42 Å². The molecule has 0 aliphatic heterocycles. The van der Waals surface area contributed by atoms with Crippen molar-refractivity contribution in [2.24, 2.45) is 0 Å². The Labute approximate surface area is 157 Å². The highest BCUT2D eigenvalue weighted by molar-refractivity contribution is 6.31. The van der Waals surface area contributed by atoms with Gasteiger partial charge in [0.15, 0.2) is 5.82 Å². The normalized spacial score (nSPS) is 11.3. The van der Waals surface area contributed by atoms with Crippen LogP contribution < -0.4 is 0 Å². The minimum Gasteiger partial charge on any atom is -0.442 e. The first-order chi connectivity index (χ1) is 13.3. The Bertz CT molecular complexity index is 1190. The number of imidazole rings is 1. The van der Waals surface area contributed by atoms with E-state index >= 15 is 0 Å². The number of tetrazole rings is 1. The predicted molar refractivity (Wildman–Crippen MR) is 99.0 cm³/mol. The Morgan fingerprint density at radius 2 is 2.00 bits per heavy atom. The molecule has 0 aliphatic carbocycles. The van der Waals surface area contributed by atoms with Gasteiger partial charge in [-0.15, -0.1) is 10.2 Å². The quantitative estimate of drug-likeness (QED) is 0.514. The van der Waals surface area contributed by atoms with Crippen molar-refractivity contribution in [2.45, 2.75) is 6.54 Å². The summed E-state index contributed by atoms with van der Waals surface area (Å²) < 4.78 is 7.51. The molecule has 0 saturated carbocycles. The maximum atomic E-state index is 6.20. The third kappa shape index (κ3) is 2.85. The fourth-order valence-electron chi connectivity index (χ4n) is 2.98. The Morgan fingerprint density at radius 1 is 1.11 bits per heavy atom. The zero-order valence-electron chi connectivity index (χ0n) is 13.9. The predicted octanol–water partition coefficient (Wildman–Crippen LogP) is 3.57. The number of hydrogen-bond acceptors (Lipinski definition) is 6. The standard InChI is InChI=1S/C18H12ClN7O/c19-13-5-6-14-15(9-13)26(17(21-14)18-20-7-8-27-18)10-11-1-3-12(4-2-11)16-22-24-25-23-16/h1-9H,10H2,(H,22,23,24,25). The van der Waals surface area contributed by atoms with Crippen LogP contribution in [-0.4, -0.2) is 35.2 Å². The molecule has 9 heteroatoms. The average Bonchev–Trinajstić information content (AvgIpc) is 3.44. The average molecular weight is 378 g/mol. The number of oxazole rings is 1. The van der Waals surface area contributed by atoms with Gasteiger partial charge in [0.2, 0.25) is 5.82 Å². The van der Waals surface area contributed by atoms with Gasteiger partial charge in [0.25, 0.3) is 5.89 Å². The zero-order valence-corrected chi connectivity index (χ0v) is 14.6. The summed E-state index contributed by atoms with van der Waals surface area (Å²) in [5, 5.41) is 14.7. The number of hydrogen-bond donors (Lipinski definition) is 1. The summed E-state index contributed by atoms with van der Waals surface area (Å²) in [6.45, 7) is 0.584. The molecule has 0 radical (unpaired) electrons. The molecular weight excluding hydrogens is 366 g/mol. The van der Waals surface area contributed by atoms with E-state index in [1.807, 2.05) is 47.0 Å². The lowest BCUT2D eigenvalue weighted by molar-refractivity contribution is 0.564. The van der Waals surface area contributed by atoms with E-state index in [-0.39, 0.29) is 0 Å². The van der Waals surface area contributed by atoms with Gasteiger partial charge in [-0.3, -0.25) is 0 Å². The highest BCUT2D eigenvalue weighted by Crippen LogP contribution is 2.27. The van der Waals surface area contributed by atoms with Gasteiger partial charge >= 0.3 is 0 Å². The van der Waals surface area contributed by atoms with E-state index in [4.69, 9.17) is 16.0 Å². The van der Waals surface area contributed by atoms with E-state index in [0.29, 0.717) is 29.1 Å². The van der Waals surface area contributed by atoms with Crippen LogP contribution >= 0.6 is 11.6 Å². The molecule has 3 aromatic heterocycles. The number of H-pyrrole nitrogens is 1. The van der Waals surface area contributed by atoms with Gasteiger partial charge in [0, 0.05) is 17.1 Å². The number of rotatable bonds is 4. The van der Waals surface area contributed by atoms with Crippen molar-refractivity contribution in [1.29, 1.82) is 0 Å². The van der Waals surface area contributed by atoms with Crippen LogP contribution in [0, 0.1) is 0 Å². The summed E-state index contributed by atoms with van der Waals surface area (Å²) in [7, 11) is 0. The first-order valence-corrected chi connectivity index (χ1v) is 8.54. The molecular formula is C18H12ClN7O. The molecule has 0 spiro atoms. The Morgan fingerprint density at radius 3 is 2.74 bits per heavy atom. The van der Waals surface area contributed by atoms with Gasteiger partial charge in [0.05, 0.1) is 17.2 Å². The lowest BCUT2D eigenvalue weighted by atomic mass is 10.1. The van der Waals surface area contributed by atoms with Crippen molar-refractivity contribution in [1.82, 2.24) is 35.2 Å². The highest BCUT2D eigenvalue weighted by Gasteiger charge is 2.17. The fourth-order valence-corrected chi connectivity index (χ4v) is 3.15. The van der Waals surface area contributed by atoms with Crippen LogP contribution in [0.25, 0.3) is 34.1 Å². The van der Waals surface area contributed by atoms with E-state index < -0.39 is 0 Å². The molecule has 1 N–H and O–H groups in total. The van der Waals surface area contributed by atoms with E-state index in [2.05, 4.69) is 30.6 Å². The number of nitrogens with zero attached hydrogens (tertiary/aromatic N) is 6. The van der Waals surface area contributed by atoms with Crippen LogP contribution in [0.5, 0.6) is 0 Å². The number of aromatic nitrogens is 7. The van der Waals surface area contributed by atoms with Crippen LogP contribution in [-0.2, 0) is 6.54 Å². The maximum Gasteiger partial charge on any atom is 0.263 e. The van der Waals surface area contributed by atoms with Gasteiger partial charge in [-0.05, 0) is 29.0 Å². The number of nitrogens with one attached hydrogen (secondary N) is 1. The third-order valence-electron chi connectivity index (χ3n) is 4.23. The second-order valence-corrected chi connectivity index (χ2v) is 6.36. The molecule has 5 rings (SSSR count). The molecule has 27 heavy (non-hydrogen) atoms. The third-order valence-corrected chi connectivity index (χ3v) is 4.47. The number of halogens is 1. The summed E-state index contributed by atoms with van der Waals surface area (Å²) in [6.07, 6.45) is 3.14. The first-order valence-electron chi connectivity index (χ1n) is 8.16. The lowest BCUT2D eigenvalue weighted by Crippen LogP contribution is -2.02. The topological polar surface area (TPSA) is 98.3 Å². The van der Waals surface area contributed by atoms with Gasteiger partial charge in [-0.25, -0.2) is 9.97 Å². The minimum absolute atomic E-state index is 0.464. The number of benzene rings is 2. The summed E-state index contributed by atoms with van der Waals surface area (Å²) in [4.78, 5) is 8.91. The van der Waals surface area contributed by atoms with Gasteiger partial charge < -0.3 is 8.98 Å². The lowest BCUT2D eigenvalue weighted by Gasteiger charge is -2.08. The molecule has 8 nitrogen and oxygen atoms in total. The van der Waals surface area contributed by atoms with E-state index in [9.17, 15) is 0 Å². The first kappa shape index (κ1) is 15.7. The summed E-state index contributed by atoms with van der Waals surface area (Å²) in [5.41, 5.74) is 3.71. The molecule has 0 fully saturated rings. The molecule has 0 saturated heterocycles. The molecule has 2 aromatic carbocycles. The van der Waals surface area contributed by atoms with Crippen molar-refractivity contribution >= 4 is 22.6 Å². The van der Waals surface area contributed by atoms with Crippen molar-refractivity contribution in [3.05, 3.63) is 65.5 Å². The Balaban J connectivity index is 1.57. The zero-order chi connectivity index (χ0) is 18.2. The van der Waals surface area contributed by atoms with E-state index in [0.717, 1.165) is 22.2 Å². The molecule has 0 amide bonds. The minimum atomic E-state index is 0.464. The molecule has 3 heterocycles. The Hall–Kier alpha value is -3.52. The molecule has 5 aromatic rings. The van der Waals surface area contributed by atoms with Crippen LogP contribution in [0.1, 0.15) is 5.56 Å². The second kappa shape index (κ2) is 6.33. The van der Waals surface area contributed by atoms with Gasteiger partial charge in [-0.2, -0.15) is 5.21 Å². The molecule has 0 aliphatic rings. The van der Waals surface area contributed by atoms with Crippen LogP contribution in [0.4, 0.5) is 0 Å². The molecule has 0 bridgehead atoms. The van der Waals surface area contributed by atoms with Gasteiger partial charge in [0.1, 0.15) is 6.26 Å². The highest BCUT2D eigenvalue weighted by atomic mass is 35.5. The summed E-state index contributed by atoms with van der Waals surface area (Å²) in [6, 6.07) is 13.5. The monoisotopic (exact) mass is 377 g/mol. The molecule has 0 unspecified atom stereocenters. The molecule has 0 atom stereocenters. The largest absolute Gasteiger partial charge is 0.442 e. The SMILES string of the molecule is Clc1ccc2nc(-c3ncco3)n(Cc3ccc(-c4nn[nH]n4)cc3)c2c1. The van der Waals surface area contributed by atoms with E-state index in [1.54, 1.807) is 6.20 Å². The maximum absolute atomic E-state index is 6.20. The van der Waals surface area contributed by atoms with Crippen LogP contribution in [0.2, 0.25) is 5.02 Å². The molecule has 132 valence electrons. The number of aromatic amines is 1. The van der Waals surface area contributed by atoms with Crippen LogP contribution in [0.3, 0.4) is 0 Å². The van der Waals surface area contributed by atoms with Gasteiger partial charge in [-0.1, -0.05) is 35.9 Å². The van der Waals surface area contributed by atoms with Crippen molar-refractivity contribution in [3.8, 4) is 23.1 Å². The summed E-state index contributed by atoms with van der Waals surface area (Å²) >= 11 is 6.20. The summed E-state index contributed by atoms with van der Waals surface area (Å²) in [5.74, 6) is 1.67. The van der Waals surface area contributed by atoms with E-state index in [1.165, 1.54) is 6.26 Å². The smallest absolute Gasteiger partial charge is 0.263 e. The van der Waals surface area contributed by atoms with Crippen molar-refractivity contribution in [3.63, 3.8) is 0 Å². The fraction of sp³-hybridized carbons (Fsp3) is 0.0556. The second-order valence-electron chi connectivity index (χ2n) is 5.92. The Kier molecular flexibility index (Phi) is 3.68.